The van der Waals surface area contributed by atoms with Gasteiger partial charge in [0.1, 0.15) is 6.10 Å². The van der Waals surface area contributed by atoms with Crippen molar-refractivity contribution in [2.24, 2.45) is 0 Å². The van der Waals surface area contributed by atoms with Gasteiger partial charge in [0.25, 0.3) is 0 Å². The van der Waals surface area contributed by atoms with Crippen molar-refractivity contribution in [2.75, 3.05) is 0 Å². The lowest BCUT2D eigenvalue weighted by molar-refractivity contribution is 0.145. The fraction of sp³-hybridized carbons (Fsp3) is 0.600. The first-order valence-corrected chi connectivity index (χ1v) is 2.61. The summed E-state index contributed by atoms with van der Waals surface area (Å²) in [5, 5.41) is 10.6. The van der Waals surface area contributed by atoms with E-state index in [1.807, 2.05) is 6.07 Å². The molecule has 2 atom stereocenters. The van der Waals surface area contributed by atoms with Crippen molar-refractivity contribution in [3.8, 4) is 6.07 Å². The number of cyclic esters (lactones) is 1. The molecule has 1 N–H and O–H groups in total. The normalized spacial score (nSPS) is 32.7. The molecule has 0 aliphatic carbocycles. The van der Waals surface area contributed by atoms with Crippen molar-refractivity contribution in [3.63, 3.8) is 0 Å². The Morgan fingerprint density at radius 2 is 2.56 bits per heavy atom. The standard InChI is InChI=1S/C5H6N2O2/c1-3-4(2-6)7-5(8)9-3/h3-4H,1H3,(H,7,8). The molecule has 0 aromatic heterocycles. The van der Waals surface area contributed by atoms with Gasteiger partial charge in [0.15, 0.2) is 6.04 Å². The van der Waals surface area contributed by atoms with Crippen LogP contribution in [0.25, 0.3) is 0 Å². The summed E-state index contributed by atoms with van der Waals surface area (Å²) in [6.07, 6.45) is -0.823. The Morgan fingerprint density at radius 3 is 2.78 bits per heavy atom. The monoisotopic (exact) mass is 126 g/mol. The molecular weight excluding hydrogens is 120 g/mol. The minimum atomic E-state index is -0.506. The molecule has 1 saturated heterocycles. The fourth-order valence-corrected chi connectivity index (χ4v) is 0.652. The van der Waals surface area contributed by atoms with Gasteiger partial charge in [-0.2, -0.15) is 5.26 Å². The average Bonchev–Trinajstić information content (AvgIpc) is 2.10. The first kappa shape index (κ1) is 5.89. The first-order chi connectivity index (χ1) is 4.24. The van der Waals surface area contributed by atoms with E-state index in [0.29, 0.717) is 0 Å². The topological polar surface area (TPSA) is 62.1 Å². The van der Waals surface area contributed by atoms with Gasteiger partial charge in [0.2, 0.25) is 0 Å². The largest absolute Gasteiger partial charge is 0.443 e. The van der Waals surface area contributed by atoms with Gasteiger partial charge in [0, 0.05) is 0 Å². The van der Waals surface area contributed by atoms with Crippen molar-refractivity contribution >= 4 is 6.09 Å². The molecule has 1 amide bonds. The number of hydrogen-bond acceptors (Lipinski definition) is 3. The predicted octanol–water partition coefficient (Wildman–Crippen LogP) is 0.00688. The molecule has 0 aromatic rings. The lowest BCUT2D eigenvalue weighted by Gasteiger charge is -1.99. The fourth-order valence-electron chi connectivity index (χ4n) is 0.652. The van der Waals surface area contributed by atoms with Gasteiger partial charge in [-0.3, -0.25) is 0 Å². The van der Waals surface area contributed by atoms with Crippen LogP contribution in [0.15, 0.2) is 0 Å². The lowest BCUT2D eigenvalue weighted by Crippen LogP contribution is -2.27. The van der Waals surface area contributed by atoms with E-state index in [0.717, 1.165) is 0 Å². The second kappa shape index (κ2) is 1.94. The van der Waals surface area contributed by atoms with Crippen LogP contribution < -0.4 is 5.32 Å². The molecule has 0 aromatic carbocycles. The predicted molar refractivity (Wildman–Crippen MR) is 28.5 cm³/mol. The molecule has 1 rings (SSSR count). The molecule has 9 heavy (non-hydrogen) atoms. The number of amides is 1. The molecule has 0 bridgehead atoms. The highest BCUT2D eigenvalue weighted by Gasteiger charge is 2.29. The molecular formula is C5H6N2O2. The molecule has 0 radical (unpaired) electrons. The van der Waals surface area contributed by atoms with Crippen LogP contribution in [-0.4, -0.2) is 18.2 Å². The Labute approximate surface area is 52.4 Å². The number of alkyl carbamates (subject to hydrolysis) is 1. The van der Waals surface area contributed by atoms with E-state index in [1.165, 1.54) is 0 Å². The molecule has 48 valence electrons. The van der Waals surface area contributed by atoms with Gasteiger partial charge in [0.05, 0.1) is 6.07 Å². The van der Waals surface area contributed by atoms with E-state index in [4.69, 9.17) is 5.26 Å². The SMILES string of the molecule is CC1OC(=O)NC1C#N. The van der Waals surface area contributed by atoms with Gasteiger partial charge < -0.3 is 10.1 Å². The number of carbonyl (C=O) groups excluding carboxylic acids is 1. The van der Waals surface area contributed by atoms with E-state index in [2.05, 4.69) is 10.1 Å². The Kier molecular flexibility index (Phi) is 1.27. The van der Waals surface area contributed by atoms with Crippen molar-refractivity contribution in [1.29, 1.82) is 5.26 Å². The zero-order valence-corrected chi connectivity index (χ0v) is 4.92. The van der Waals surface area contributed by atoms with E-state index in [-0.39, 0.29) is 6.10 Å². The Balaban J connectivity index is 2.60. The van der Waals surface area contributed by atoms with Crippen LogP contribution in [0.1, 0.15) is 6.92 Å². The summed E-state index contributed by atoms with van der Waals surface area (Å²) in [6, 6.07) is 1.41. The third-order valence-corrected chi connectivity index (χ3v) is 1.17. The summed E-state index contributed by atoms with van der Waals surface area (Å²) in [6.45, 7) is 1.67. The van der Waals surface area contributed by atoms with Crippen LogP contribution in [0, 0.1) is 11.3 Å². The quantitative estimate of drug-likeness (QED) is 0.497. The summed E-state index contributed by atoms with van der Waals surface area (Å²) in [7, 11) is 0. The smallest absolute Gasteiger partial charge is 0.408 e. The summed E-state index contributed by atoms with van der Waals surface area (Å²) in [4.78, 5) is 10.3. The van der Waals surface area contributed by atoms with Crippen LogP contribution in [0.2, 0.25) is 0 Å². The van der Waals surface area contributed by atoms with Crippen LogP contribution in [0.4, 0.5) is 4.79 Å². The summed E-state index contributed by atoms with van der Waals surface area (Å²) < 4.78 is 4.59. The van der Waals surface area contributed by atoms with Crippen LogP contribution >= 0.6 is 0 Å². The number of hydrogen-bond donors (Lipinski definition) is 1. The molecule has 1 aliphatic heterocycles. The van der Waals surface area contributed by atoms with E-state index in [1.54, 1.807) is 6.92 Å². The Bertz CT molecular complexity index is 172. The molecule has 1 fully saturated rings. The Morgan fingerprint density at radius 1 is 1.89 bits per heavy atom. The minimum absolute atomic E-state index is 0.317. The second-order valence-corrected chi connectivity index (χ2v) is 1.86. The van der Waals surface area contributed by atoms with Gasteiger partial charge >= 0.3 is 6.09 Å². The minimum Gasteiger partial charge on any atom is -0.443 e. The van der Waals surface area contributed by atoms with E-state index >= 15 is 0 Å². The van der Waals surface area contributed by atoms with Crippen molar-refractivity contribution in [3.05, 3.63) is 0 Å². The second-order valence-electron chi connectivity index (χ2n) is 1.86. The van der Waals surface area contributed by atoms with Gasteiger partial charge in [-0.1, -0.05) is 0 Å². The van der Waals surface area contributed by atoms with Crippen molar-refractivity contribution in [2.45, 2.75) is 19.1 Å². The van der Waals surface area contributed by atoms with Gasteiger partial charge in [-0.25, -0.2) is 4.79 Å². The van der Waals surface area contributed by atoms with Crippen LogP contribution in [-0.2, 0) is 4.74 Å². The van der Waals surface area contributed by atoms with E-state index in [9.17, 15) is 4.79 Å². The average molecular weight is 126 g/mol. The maximum Gasteiger partial charge on any atom is 0.408 e. The number of rotatable bonds is 0. The summed E-state index contributed by atoms with van der Waals surface area (Å²) >= 11 is 0. The molecule has 4 nitrogen and oxygen atoms in total. The van der Waals surface area contributed by atoms with Gasteiger partial charge in [-0.15, -0.1) is 0 Å². The third kappa shape index (κ3) is 0.941. The molecule has 2 unspecified atom stereocenters. The lowest BCUT2D eigenvalue weighted by atomic mass is 10.2. The van der Waals surface area contributed by atoms with Crippen LogP contribution in [0.5, 0.6) is 0 Å². The first-order valence-electron chi connectivity index (χ1n) is 2.61. The highest BCUT2D eigenvalue weighted by molar-refractivity contribution is 5.70. The van der Waals surface area contributed by atoms with E-state index < -0.39 is 12.1 Å². The van der Waals surface area contributed by atoms with Crippen molar-refractivity contribution in [1.82, 2.24) is 5.32 Å². The number of nitriles is 1. The number of nitrogens with zero attached hydrogens (tertiary/aromatic N) is 1. The maximum atomic E-state index is 10.3. The summed E-state index contributed by atoms with van der Waals surface area (Å²) in [5.41, 5.74) is 0. The van der Waals surface area contributed by atoms with Crippen molar-refractivity contribution < 1.29 is 9.53 Å². The zero-order chi connectivity index (χ0) is 6.85. The molecule has 1 heterocycles. The van der Waals surface area contributed by atoms with Gasteiger partial charge in [-0.05, 0) is 6.92 Å². The van der Waals surface area contributed by atoms with Crippen LogP contribution in [0.3, 0.4) is 0 Å². The highest BCUT2D eigenvalue weighted by atomic mass is 16.6. The number of ether oxygens (including phenoxy) is 1. The summed E-state index contributed by atoms with van der Waals surface area (Å²) in [5.74, 6) is 0. The molecule has 1 aliphatic rings. The third-order valence-electron chi connectivity index (χ3n) is 1.17. The molecule has 0 spiro atoms. The zero-order valence-electron chi connectivity index (χ0n) is 4.92. The maximum absolute atomic E-state index is 10.3. The highest BCUT2D eigenvalue weighted by Crippen LogP contribution is 2.05. The molecule has 0 saturated carbocycles. The number of nitrogens with one attached hydrogen (secondary N) is 1. The molecule has 4 heteroatoms. The Hall–Kier alpha value is -1.24. The number of carbonyl (C=O) groups is 1.